The molecule has 0 saturated heterocycles. The fourth-order valence-electron chi connectivity index (χ4n) is 3.27. The third-order valence-electron chi connectivity index (χ3n) is 5.37. The fraction of sp³-hybridized carbons (Fsp3) is 0.391. The SMILES string of the molecule is CC(C)C(=O)c1ccc(O[C@H]2C[C@H](Oc3ccc(C#N)c(Cl)c3)C2(C)C)cc1. The van der Waals surface area contributed by atoms with Gasteiger partial charge in [0.15, 0.2) is 5.78 Å². The zero-order valence-electron chi connectivity index (χ0n) is 16.5. The molecular weight excluding hydrogens is 374 g/mol. The molecule has 0 unspecified atom stereocenters. The molecule has 0 heterocycles. The molecule has 1 saturated carbocycles. The Labute approximate surface area is 171 Å². The second kappa shape index (κ2) is 7.85. The van der Waals surface area contributed by atoms with E-state index in [1.807, 2.05) is 44.2 Å². The lowest BCUT2D eigenvalue weighted by atomic mass is 9.66. The molecule has 0 radical (unpaired) electrons. The van der Waals surface area contributed by atoms with Crippen LogP contribution in [0.4, 0.5) is 0 Å². The summed E-state index contributed by atoms with van der Waals surface area (Å²) < 4.78 is 12.2. The standard InChI is InChI=1S/C23H24ClNO3/c1-14(2)22(26)15-5-8-17(9-6-15)27-20-12-21(23(20,3)4)28-18-10-7-16(13-25)19(24)11-18/h5-11,14,20-21H,12H2,1-4H3/t20-,21-/m0/s1. The molecule has 2 aromatic carbocycles. The molecule has 28 heavy (non-hydrogen) atoms. The average molecular weight is 398 g/mol. The maximum Gasteiger partial charge on any atom is 0.165 e. The number of ketones is 1. The van der Waals surface area contributed by atoms with E-state index in [1.165, 1.54) is 0 Å². The number of Topliss-reactive ketones (excluding diaryl/α,β-unsaturated/α-hetero) is 1. The van der Waals surface area contributed by atoms with E-state index in [2.05, 4.69) is 13.8 Å². The highest BCUT2D eigenvalue weighted by Crippen LogP contribution is 2.45. The quantitative estimate of drug-likeness (QED) is 0.588. The Kier molecular flexibility index (Phi) is 5.67. The van der Waals surface area contributed by atoms with E-state index in [-0.39, 0.29) is 29.3 Å². The molecule has 1 fully saturated rings. The minimum absolute atomic E-state index is 0.0108. The topological polar surface area (TPSA) is 59.3 Å². The van der Waals surface area contributed by atoms with Gasteiger partial charge in [-0.25, -0.2) is 0 Å². The molecular formula is C23H24ClNO3. The Morgan fingerprint density at radius 1 is 1.11 bits per heavy atom. The fourth-order valence-corrected chi connectivity index (χ4v) is 3.48. The number of ether oxygens (including phenoxy) is 2. The molecule has 5 heteroatoms. The zero-order valence-corrected chi connectivity index (χ0v) is 17.3. The van der Waals surface area contributed by atoms with Crippen LogP contribution in [-0.4, -0.2) is 18.0 Å². The molecule has 2 aromatic rings. The largest absolute Gasteiger partial charge is 0.490 e. The van der Waals surface area contributed by atoms with Crippen molar-refractivity contribution >= 4 is 17.4 Å². The van der Waals surface area contributed by atoms with Crippen LogP contribution in [0.1, 0.15) is 50.0 Å². The van der Waals surface area contributed by atoms with Crippen LogP contribution in [0.2, 0.25) is 5.02 Å². The normalized spacial score (nSPS) is 20.2. The van der Waals surface area contributed by atoms with E-state index in [4.69, 9.17) is 26.3 Å². The predicted octanol–water partition coefficient (Wildman–Crippen LogP) is 5.68. The monoisotopic (exact) mass is 397 g/mol. The summed E-state index contributed by atoms with van der Waals surface area (Å²) in [4.78, 5) is 12.0. The van der Waals surface area contributed by atoms with Gasteiger partial charge in [-0.15, -0.1) is 0 Å². The molecule has 1 aliphatic rings. The van der Waals surface area contributed by atoms with E-state index < -0.39 is 0 Å². The highest BCUT2D eigenvalue weighted by Gasteiger charge is 2.52. The van der Waals surface area contributed by atoms with Crippen molar-refractivity contribution in [1.82, 2.24) is 0 Å². The molecule has 3 rings (SSSR count). The Balaban J connectivity index is 1.62. The van der Waals surface area contributed by atoms with E-state index in [9.17, 15) is 4.79 Å². The van der Waals surface area contributed by atoms with E-state index in [0.717, 1.165) is 12.2 Å². The van der Waals surface area contributed by atoms with Gasteiger partial charge in [0.1, 0.15) is 29.8 Å². The van der Waals surface area contributed by atoms with Gasteiger partial charge in [-0.3, -0.25) is 4.79 Å². The number of nitrogens with zero attached hydrogens (tertiary/aromatic N) is 1. The third kappa shape index (κ3) is 4.00. The average Bonchev–Trinajstić information content (AvgIpc) is 2.67. The Bertz CT molecular complexity index is 912. The summed E-state index contributed by atoms with van der Waals surface area (Å²) >= 11 is 6.08. The van der Waals surface area contributed by atoms with Gasteiger partial charge in [0.2, 0.25) is 0 Å². The first kappa shape index (κ1) is 20.2. The summed E-state index contributed by atoms with van der Waals surface area (Å²) in [5.41, 5.74) is 0.948. The van der Waals surface area contributed by atoms with Crippen molar-refractivity contribution in [2.24, 2.45) is 11.3 Å². The van der Waals surface area contributed by atoms with E-state index in [0.29, 0.717) is 21.9 Å². The van der Waals surface area contributed by atoms with Crippen molar-refractivity contribution in [1.29, 1.82) is 5.26 Å². The summed E-state index contributed by atoms with van der Waals surface area (Å²) in [6.45, 7) is 8.00. The van der Waals surface area contributed by atoms with Crippen LogP contribution in [0.5, 0.6) is 11.5 Å². The molecule has 2 atom stereocenters. The van der Waals surface area contributed by atoms with Crippen LogP contribution < -0.4 is 9.47 Å². The van der Waals surface area contributed by atoms with Crippen molar-refractivity contribution in [3.63, 3.8) is 0 Å². The first-order valence-corrected chi connectivity index (χ1v) is 9.77. The number of benzene rings is 2. The number of hydrogen-bond acceptors (Lipinski definition) is 4. The number of halogens is 1. The second-order valence-electron chi connectivity index (χ2n) is 8.07. The highest BCUT2D eigenvalue weighted by atomic mass is 35.5. The van der Waals surface area contributed by atoms with Gasteiger partial charge in [-0.05, 0) is 36.4 Å². The first-order chi connectivity index (χ1) is 13.2. The number of carbonyl (C=O) groups is 1. The Morgan fingerprint density at radius 2 is 1.68 bits per heavy atom. The van der Waals surface area contributed by atoms with Crippen LogP contribution in [0, 0.1) is 22.7 Å². The summed E-state index contributed by atoms with van der Waals surface area (Å²) in [5.74, 6) is 1.51. The van der Waals surface area contributed by atoms with Crippen molar-refractivity contribution in [3.8, 4) is 17.6 Å². The van der Waals surface area contributed by atoms with Gasteiger partial charge < -0.3 is 9.47 Å². The Morgan fingerprint density at radius 3 is 2.18 bits per heavy atom. The van der Waals surface area contributed by atoms with Gasteiger partial charge in [-0.2, -0.15) is 5.26 Å². The smallest absolute Gasteiger partial charge is 0.165 e. The molecule has 0 bridgehead atoms. The summed E-state index contributed by atoms with van der Waals surface area (Å²) in [7, 11) is 0. The van der Waals surface area contributed by atoms with Crippen LogP contribution >= 0.6 is 11.6 Å². The van der Waals surface area contributed by atoms with Gasteiger partial charge in [0.25, 0.3) is 0 Å². The van der Waals surface area contributed by atoms with E-state index >= 15 is 0 Å². The molecule has 1 aliphatic carbocycles. The van der Waals surface area contributed by atoms with Crippen molar-refractivity contribution < 1.29 is 14.3 Å². The van der Waals surface area contributed by atoms with Crippen molar-refractivity contribution in [3.05, 3.63) is 58.6 Å². The molecule has 0 N–H and O–H groups in total. The lowest BCUT2D eigenvalue weighted by molar-refractivity contribution is -0.121. The molecule has 4 nitrogen and oxygen atoms in total. The van der Waals surface area contributed by atoms with E-state index in [1.54, 1.807) is 18.2 Å². The van der Waals surface area contributed by atoms with Crippen LogP contribution in [-0.2, 0) is 0 Å². The number of rotatable bonds is 6. The summed E-state index contributed by atoms with van der Waals surface area (Å²) in [6, 6.07) is 14.5. The van der Waals surface area contributed by atoms with Crippen LogP contribution in [0.15, 0.2) is 42.5 Å². The number of nitriles is 1. The minimum atomic E-state index is -0.188. The third-order valence-corrected chi connectivity index (χ3v) is 5.68. The maximum atomic E-state index is 12.0. The Hall–Kier alpha value is -2.51. The molecule has 0 amide bonds. The lowest BCUT2D eigenvalue weighted by Gasteiger charge is -2.50. The number of carbonyl (C=O) groups excluding carboxylic acids is 1. The summed E-state index contributed by atoms with van der Waals surface area (Å²) in [6.07, 6.45) is 0.749. The van der Waals surface area contributed by atoms with Crippen LogP contribution in [0.3, 0.4) is 0 Å². The highest BCUT2D eigenvalue weighted by molar-refractivity contribution is 6.31. The molecule has 0 spiro atoms. The predicted molar refractivity (Wildman–Crippen MR) is 109 cm³/mol. The van der Waals surface area contributed by atoms with Gasteiger partial charge in [0, 0.05) is 29.4 Å². The van der Waals surface area contributed by atoms with Gasteiger partial charge >= 0.3 is 0 Å². The first-order valence-electron chi connectivity index (χ1n) is 9.39. The maximum absolute atomic E-state index is 12.0. The molecule has 0 aliphatic heterocycles. The lowest BCUT2D eigenvalue weighted by Crippen LogP contribution is -2.58. The second-order valence-corrected chi connectivity index (χ2v) is 8.47. The van der Waals surface area contributed by atoms with Crippen LogP contribution in [0.25, 0.3) is 0 Å². The minimum Gasteiger partial charge on any atom is -0.490 e. The van der Waals surface area contributed by atoms with Crippen molar-refractivity contribution in [2.75, 3.05) is 0 Å². The zero-order chi connectivity index (χ0) is 20.5. The van der Waals surface area contributed by atoms with Gasteiger partial charge in [0.05, 0.1) is 10.6 Å². The van der Waals surface area contributed by atoms with Gasteiger partial charge in [-0.1, -0.05) is 39.3 Å². The molecule has 146 valence electrons. The summed E-state index contributed by atoms with van der Waals surface area (Å²) in [5, 5.41) is 9.36. The molecule has 0 aromatic heterocycles. The number of hydrogen-bond donors (Lipinski definition) is 0. The van der Waals surface area contributed by atoms with Crippen molar-refractivity contribution in [2.45, 2.75) is 46.3 Å².